The van der Waals surface area contributed by atoms with E-state index in [1.807, 2.05) is 30.3 Å². The van der Waals surface area contributed by atoms with E-state index >= 15 is 0 Å². The topological polar surface area (TPSA) is 65.1 Å². The number of rotatable bonds is 5. The molecule has 0 N–H and O–H groups in total. The highest BCUT2D eigenvalue weighted by atomic mass is 79.9. The van der Waals surface area contributed by atoms with Crippen LogP contribution in [0.15, 0.2) is 68.5 Å². The Kier molecular flexibility index (Phi) is 4.52. The van der Waals surface area contributed by atoms with E-state index in [1.165, 1.54) is 16.8 Å². The van der Waals surface area contributed by atoms with E-state index in [0.29, 0.717) is 12.3 Å². The van der Waals surface area contributed by atoms with E-state index < -0.39 is 0 Å². The molecule has 0 aliphatic carbocycles. The summed E-state index contributed by atoms with van der Waals surface area (Å²) < 4.78 is 7.56. The molecule has 0 spiro atoms. The minimum atomic E-state index is -0.294. The van der Waals surface area contributed by atoms with Crippen molar-refractivity contribution in [3.05, 3.63) is 86.9 Å². The average Bonchev–Trinajstić information content (AvgIpc) is 3.00. The molecule has 6 heteroatoms. The van der Waals surface area contributed by atoms with E-state index in [1.54, 1.807) is 12.3 Å². The molecule has 0 atom stereocenters. The van der Waals surface area contributed by atoms with Crippen LogP contribution in [0.3, 0.4) is 0 Å². The summed E-state index contributed by atoms with van der Waals surface area (Å²) >= 11 is 3.28. The predicted octanol–water partition coefficient (Wildman–Crippen LogP) is 3.07. The van der Waals surface area contributed by atoms with Gasteiger partial charge in [0.1, 0.15) is 0 Å². The first-order chi connectivity index (χ1) is 11.1. The van der Waals surface area contributed by atoms with Crippen molar-refractivity contribution in [1.29, 1.82) is 0 Å². The number of hydrogen-bond acceptors (Lipinski definition) is 4. The number of carbonyl (C=O) groups is 1. The highest BCUT2D eigenvalue weighted by Crippen LogP contribution is 2.12. The summed E-state index contributed by atoms with van der Waals surface area (Å²) in [5.41, 5.74) is 0.808. The molecular weight excluding hydrogens is 360 g/mol. The molecular formula is C17H13BrN2O3. The Balaban J connectivity index is 1.73. The van der Waals surface area contributed by atoms with Crippen LogP contribution in [0.2, 0.25) is 0 Å². The maximum absolute atomic E-state index is 12.2. The number of oxazole rings is 1. The van der Waals surface area contributed by atoms with Crippen molar-refractivity contribution in [2.75, 3.05) is 0 Å². The standard InChI is InChI=1S/C17H13BrN2O3/c18-13-6-7-17(22)20(10-13)11-14(21)15-9-19-16(23-15)8-12-4-2-1-3-5-12/h1-7,9-10H,8,11H2. The molecule has 3 rings (SSSR count). The summed E-state index contributed by atoms with van der Waals surface area (Å²) in [6.45, 7) is -0.0851. The lowest BCUT2D eigenvalue weighted by atomic mass is 10.2. The minimum Gasteiger partial charge on any atom is -0.437 e. The van der Waals surface area contributed by atoms with Gasteiger partial charge in [-0.1, -0.05) is 30.3 Å². The lowest BCUT2D eigenvalue weighted by Gasteiger charge is -2.03. The summed E-state index contributed by atoms with van der Waals surface area (Å²) in [6.07, 6.45) is 3.50. The average molecular weight is 373 g/mol. The van der Waals surface area contributed by atoms with Gasteiger partial charge >= 0.3 is 0 Å². The monoisotopic (exact) mass is 372 g/mol. The molecule has 0 aliphatic rings. The highest BCUT2D eigenvalue weighted by molar-refractivity contribution is 9.10. The molecule has 0 aliphatic heterocycles. The predicted molar refractivity (Wildman–Crippen MR) is 88.5 cm³/mol. The van der Waals surface area contributed by atoms with Crippen LogP contribution in [-0.2, 0) is 13.0 Å². The number of pyridine rings is 1. The zero-order chi connectivity index (χ0) is 16.2. The first-order valence-corrected chi connectivity index (χ1v) is 7.79. The van der Waals surface area contributed by atoms with Gasteiger partial charge in [0.05, 0.1) is 12.7 Å². The summed E-state index contributed by atoms with van der Waals surface area (Å²) in [7, 11) is 0. The van der Waals surface area contributed by atoms with Gasteiger partial charge in [0.2, 0.25) is 5.78 Å². The van der Waals surface area contributed by atoms with Crippen molar-refractivity contribution < 1.29 is 9.21 Å². The molecule has 5 nitrogen and oxygen atoms in total. The SMILES string of the molecule is O=C(Cn1cc(Br)ccc1=O)c1cnc(Cc2ccccc2)o1. The van der Waals surface area contributed by atoms with E-state index in [4.69, 9.17) is 4.42 Å². The van der Waals surface area contributed by atoms with Crippen molar-refractivity contribution in [1.82, 2.24) is 9.55 Å². The van der Waals surface area contributed by atoms with Crippen LogP contribution in [0.5, 0.6) is 0 Å². The van der Waals surface area contributed by atoms with Crippen molar-refractivity contribution in [3.63, 3.8) is 0 Å². The Hall–Kier alpha value is -2.47. The number of ketones is 1. The molecule has 0 bridgehead atoms. The van der Waals surface area contributed by atoms with Crippen molar-refractivity contribution in [2.45, 2.75) is 13.0 Å². The highest BCUT2D eigenvalue weighted by Gasteiger charge is 2.14. The van der Waals surface area contributed by atoms with Crippen LogP contribution in [-0.4, -0.2) is 15.3 Å². The molecule has 1 aromatic carbocycles. The van der Waals surface area contributed by atoms with Crippen molar-refractivity contribution in [2.24, 2.45) is 0 Å². The van der Waals surface area contributed by atoms with Gasteiger partial charge in [-0.3, -0.25) is 9.59 Å². The number of Topliss-reactive ketones (excluding diaryl/α,β-unsaturated/α-hetero) is 1. The molecule has 2 aromatic heterocycles. The van der Waals surface area contributed by atoms with E-state index in [2.05, 4.69) is 20.9 Å². The van der Waals surface area contributed by atoms with Crippen molar-refractivity contribution in [3.8, 4) is 0 Å². The Bertz CT molecular complexity index is 884. The fourth-order valence-corrected chi connectivity index (χ4v) is 2.53. The van der Waals surface area contributed by atoms with Gasteiger partial charge in [0.25, 0.3) is 5.56 Å². The molecule has 0 amide bonds. The van der Waals surface area contributed by atoms with Crippen LogP contribution in [0.4, 0.5) is 0 Å². The summed E-state index contributed by atoms with van der Waals surface area (Å²) in [6, 6.07) is 12.8. The Morgan fingerprint density at radius 1 is 1.17 bits per heavy atom. The van der Waals surface area contributed by atoms with E-state index in [0.717, 1.165) is 10.0 Å². The Labute approximate surface area is 140 Å². The van der Waals surface area contributed by atoms with E-state index in [9.17, 15) is 9.59 Å². The summed E-state index contributed by atoms with van der Waals surface area (Å²) in [5, 5.41) is 0. The molecule has 0 fully saturated rings. The van der Waals surface area contributed by atoms with Gasteiger partial charge in [0, 0.05) is 23.2 Å². The molecule has 0 saturated carbocycles. The molecule has 23 heavy (non-hydrogen) atoms. The first-order valence-electron chi connectivity index (χ1n) is 6.99. The fraction of sp³-hybridized carbons (Fsp3) is 0.118. The third kappa shape index (κ3) is 3.84. The van der Waals surface area contributed by atoms with Gasteiger partial charge in [-0.05, 0) is 27.6 Å². The molecule has 0 unspecified atom stereocenters. The van der Waals surface area contributed by atoms with Crippen LogP contribution in [0, 0.1) is 0 Å². The number of halogens is 1. The lowest BCUT2D eigenvalue weighted by Crippen LogP contribution is -2.22. The Morgan fingerprint density at radius 2 is 1.96 bits per heavy atom. The molecule has 0 saturated heterocycles. The third-order valence-corrected chi connectivity index (χ3v) is 3.76. The third-order valence-electron chi connectivity index (χ3n) is 3.29. The van der Waals surface area contributed by atoms with Crippen LogP contribution < -0.4 is 5.56 Å². The maximum Gasteiger partial charge on any atom is 0.251 e. The number of carbonyl (C=O) groups excluding carboxylic acids is 1. The zero-order valence-corrected chi connectivity index (χ0v) is 13.7. The van der Waals surface area contributed by atoms with Gasteiger partial charge < -0.3 is 8.98 Å². The van der Waals surface area contributed by atoms with Gasteiger partial charge in [-0.2, -0.15) is 0 Å². The van der Waals surface area contributed by atoms with Gasteiger partial charge in [-0.15, -0.1) is 0 Å². The maximum atomic E-state index is 12.2. The zero-order valence-electron chi connectivity index (χ0n) is 12.1. The molecule has 116 valence electrons. The molecule has 2 heterocycles. The number of hydrogen-bond donors (Lipinski definition) is 0. The second kappa shape index (κ2) is 6.75. The van der Waals surface area contributed by atoms with Crippen LogP contribution in [0.25, 0.3) is 0 Å². The molecule has 3 aromatic rings. The van der Waals surface area contributed by atoms with Gasteiger partial charge in [-0.25, -0.2) is 4.98 Å². The fourth-order valence-electron chi connectivity index (χ4n) is 2.15. The first kappa shape index (κ1) is 15.4. The molecule has 0 radical (unpaired) electrons. The second-order valence-electron chi connectivity index (χ2n) is 5.02. The van der Waals surface area contributed by atoms with E-state index in [-0.39, 0.29) is 23.6 Å². The Morgan fingerprint density at radius 3 is 2.74 bits per heavy atom. The summed E-state index contributed by atoms with van der Waals surface area (Å²) in [5.74, 6) is 0.334. The smallest absolute Gasteiger partial charge is 0.251 e. The number of aromatic nitrogens is 2. The quantitative estimate of drug-likeness (QED) is 0.645. The number of benzene rings is 1. The van der Waals surface area contributed by atoms with Crippen LogP contribution >= 0.6 is 15.9 Å². The minimum absolute atomic E-state index is 0.0851. The largest absolute Gasteiger partial charge is 0.437 e. The van der Waals surface area contributed by atoms with Crippen molar-refractivity contribution >= 4 is 21.7 Å². The second-order valence-corrected chi connectivity index (χ2v) is 5.93. The van der Waals surface area contributed by atoms with Crippen LogP contribution in [0.1, 0.15) is 22.0 Å². The number of nitrogens with zero attached hydrogens (tertiary/aromatic N) is 2. The van der Waals surface area contributed by atoms with Gasteiger partial charge in [0.15, 0.2) is 11.7 Å². The lowest BCUT2D eigenvalue weighted by molar-refractivity contribution is 0.0942. The normalized spacial score (nSPS) is 10.7. The summed E-state index contributed by atoms with van der Waals surface area (Å²) in [4.78, 5) is 28.1.